The zero-order chi connectivity index (χ0) is 18.4. The average molecular weight is 367 g/mol. The number of ether oxygens (including phenoxy) is 1. The molecule has 1 saturated heterocycles. The molecule has 6 nitrogen and oxygen atoms in total. The molecule has 7 heteroatoms. The largest absolute Gasteiger partial charge is 0.378 e. The van der Waals surface area contributed by atoms with Gasteiger partial charge < -0.3 is 19.1 Å². The molecular weight excluding hydrogens is 345 g/mol. The zero-order valence-electron chi connectivity index (χ0n) is 15.4. The van der Waals surface area contributed by atoms with Gasteiger partial charge in [0, 0.05) is 37.8 Å². The molecule has 3 aromatic rings. The number of anilines is 2. The molecular formula is C20H22FN5O. The number of morpholine rings is 1. The summed E-state index contributed by atoms with van der Waals surface area (Å²) in [7, 11) is 2.00. The van der Waals surface area contributed by atoms with Crippen molar-refractivity contribution in [1.82, 2.24) is 14.5 Å². The first-order valence-corrected chi connectivity index (χ1v) is 9.36. The Morgan fingerprint density at radius 2 is 1.89 bits per heavy atom. The first kappa shape index (κ1) is 16.5. The maximum Gasteiger partial charge on any atom is 0.142 e. The van der Waals surface area contributed by atoms with Crippen LogP contribution in [0.15, 0.2) is 30.6 Å². The smallest absolute Gasteiger partial charge is 0.142 e. The fourth-order valence-corrected chi connectivity index (χ4v) is 4.16. The summed E-state index contributed by atoms with van der Waals surface area (Å²) in [5.74, 6) is 0.695. The summed E-state index contributed by atoms with van der Waals surface area (Å²) < 4.78 is 21.1. The van der Waals surface area contributed by atoms with Gasteiger partial charge in [0.05, 0.1) is 37.8 Å². The summed E-state index contributed by atoms with van der Waals surface area (Å²) in [4.78, 5) is 13.6. The van der Waals surface area contributed by atoms with Gasteiger partial charge in [-0.05, 0) is 30.2 Å². The van der Waals surface area contributed by atoms with Crippen LogP contribution >= 0.6 is 0 Å². The molecule has 0 saturated carbocycles. The van der Waals surface area contributed by atoms with Crippen molar-refractivity contribution in [3.8, 4) is 0 Å². The number of aryl methyl sites for hydroxylation is 1. The van der Waals surface area contributed by atoms with E-state index in [1.807, 2.05) is 13.2 Å². The molecule has 0 aromatic carbocycles. The number of rotatable bonds is 2. The molecule has 0 N–H and O–H groups in total. The molecule has 140 valence electrons. The van der Waals surface area contributed by atoms with E-state index >= 15 is 0 Å². The fourth-order valence-electron chi connectivity index (χ4n) is 4.16. The molecule has 1 fully saturated rings. The Hall–Kier alpha value is -2.67. The van der Waals surface area contributed by atoms with Crippen molar-refractivity contribution in [2.24, 2.45) is 7.05 Å². The quantitative estimate of drug-likeness (QED) is 0.697. The molecule has 0 radical (unpaired) electrons. The highest BCUT2D eigenvalue weighted by Gasteiger charge is 2.24. The summed E-state index contributed by atoms with van der Waals surface area (Å²) >= 11 is 0. The van der Waals surface area contributed by atoms with Crippen molar-refractivity contribution in [2.45, 2.75) is 13.0 Å². The molecule has 27 heavy (non-hydrogen) atoms. The van der Waals surface area contributed by atoms with Crippen molar-refractivity contribution in [1.29, 1.82) is 0 Å². The average Bonchev–Trinajstić information content (AvgIpc) is 3.00. The molecule has 0 atom stereocenters. The van der Waals surface area contributed by atoms with Crippen LogP contribution in [-0.2, 0) is 24.8 Å². The molecule has 5 rings (SSSR count). The van der Waals surface area contributed by atoms with Gasteiger partial charge in [-0.3, -0.25) is 0 Å². The van der Waals surface area contributed by atoms with Gasteiger partial charge in [-0.25, -0.2) is 14.4 Å². The van der Waals surface area contributed by atoms with Crippen LogP contribution in [0.25, 0.3) is 11.0 Å². The highest BCUT2D eigenvalue weighted by molar-refractivity contribution is 5.83. The van der Waals surface area contributed by atoms with Gasteiger partial charge in [-0.15, -0.1) is 0 Å². The predicted octanol–water partition coefficient (Wildman–Crippen LogP) is 2.51. The molecule has 5 heterocycles. The predicted molar refractivity (Wildman–Crippen MR) is 103 cm³/mol. The van der Waals surface area contributed by atoms with Crippen LogP contribution in [0, 0.1) is 5.82 Å². The Balaban J connectivity index is 1.41. The van der Waals surface area contributed by atoms with Gasteiger partial charge in [0.1, 0.15) is 17.3 Å². The first-order chi connectivity index (χ1) is 13.2. The Morgan fingerprint density at radius 3 is 2.67 bits per heavy atom. The number of fused-ring (bicyclic) bond motifs is 3. The lowest BCUT2D eigenvalue weighted by Gasteiger charge is -2.31. The van der Waals surface area contributed by atoms with Crippen molar-refractivity contribution >= 4 is 22.5 Å². The highest BCUT2D eigenvalue weighted by Crippen LogP contribution is 2.31. The number of pyridine rings is 2. The van der Waals surface area contributed by atoms with Crippen molar-refractivity contribution in [2.75, 3.05) is 42.6 Å². The topological polar surface area (TPSA) is 46.4 Å². The van der Waals surface area contributed by atoms with Crippen LogP contribution < -0.4 is 9.80 Å². The molecule has 0 unspecified atom stereocenters. The van der Waals surface area contributed by atoms with Crippen LogP contribution in [-0.4, -0.2) is 47.4 Å². The SMILES string of the molecule is Cn1c2c(c3cc(F)cnc31)CCN(c1ccc(N3CCOCC3)cn1)C2. The molecule has 0 spiro atoms. The third-order valence-electron chi connectivity index (χ3n) is 5.63. The third-order valence-corrected chi connectivity index (χ3v) is 5.63. The number of aromatic nitrogens is 3. The Kier molecular flexibility index (Phi) is 3.97. The maximum absolute atomic E-state index is 13.6. The van der Waals surface area contributed by atoms with Gasteiger partial charge in [0.25, 0.3) is 0 Å². The summed E-state index contributed by atoms with van der Waals surface area (Å²) in [5.41, 5.74) is 4.39. The Morgan fingerprint density at radius 1 is 1.04 bits per heavy atom. The standard InChI is InChI=1S/C20H22FN5O/c1-24-18-13-26(5-4-16(18)17-10-14(21)11-23-20(17)24)19-3-2-15(12-22-19)25-6-8-27-9-7-25/h2-3,10-12H,4-9,13H2,1H3. The highest BCUT2D eigenvalue weighted by atomic mass is 19.1. The number of nitrogens with zero attached hydrogens (tertiary/aromatic N) is 5. The van der Waals surface area contributed by atoms with E-state index in [9.17, 15) is 4.39 Å². The minimum absolute atomic E-state index is 0.279. The van der Waals surface area contributed by atoms with Crippen molar-refractivity contribution in [3.05, 3.63) is 47.7 Å². The molecule has 2 aliphatic heterocycles. The second-order valence-electron chi connectivity index (χ2n) is 7.15. The van der Waals surface area contributed by atoms with Crippen LogP contribution in [0.3, 0.4) is 0 Å². The van der Waals surface area contributed by atoms with E-state index in [-0.39, 0.29) is 5.82 Å². The van der Waals surface area contributed by atoms with E-state index in [1.165, 1.54) is 17.5 Å². The minimum Gasteiger partial charge on any atom is -0.378 e. The van der Waals surface area contributed by atoms with E-state index in [2.05, 4.69) is 31.5 Å². The Labute approximate surface area is 157 Å². The molecule has 0 amide bonds. The van der Waals surface area contributed by atoms with Crippen molar-refractivity contribution in [3.63, 3.8) is 0 Å². The monoisotopic (exact) mass is 367 g/mol. The number of halogens is 1. The number of hydrogen-bond donors (Lipinski definition) is 0. The molecule has 2 aliphatic rings. The summed E-state index contributed by atoms with van der Waals surface area (Å²) in [6.07, 6.45) is 4.11. The lowest BCUT2D eigenvalue weighted by Crippen LogP contribution is -2.36. The van der Waals surface area contributed by atoms with Crippen LogP contribution in [0.4, 0.5) is 15.9 Å². The van der Waals surface area contributed by atoms with E-state index in [0.717, 1.165) is 68.4 Å². The summed E-state index contributed by atoms with van der Waals surface area (Å²) in [5, 5.41) is 0.933. The second kappa shape index (κ2) is 6.49. The third kappa shape index (κ3) is 2.82. The van der Waals surface area contributed by atoms with Gasteiger partial charge in [-0.2, -0.15) is 0 Å². The summed E-state index contributed by atoms with van der Waals surface area (Å²) in [6, 6.07) is 5.84. The maximum atomic E-state index is 13.6. The second-order valence-corrected chi connectivity index (χ2v) is 7.15. The summed E-state index contributed by atoms with van der Waals surface area (Å²) in [6.45, 7) is 4.99. The van der Waals surface area contributed by atoms with Gasteiger partial charge in [0.15, 0.2) is 0 Å². The van der Waals surface area contributed by atoms with Gasteiger partial charge in [0.2, 0.25) is 0 Å². The Bertz CT molecular complexity index is 978. The molecule has 0 bridgehead atoms. The lowest BCUT2D eigenvalue weighted by atomic mass is 10.0. The van der Waals surface area contributed by atoms with E-state index < -0.39 is 0 Å². The van der Waals surface area contributed by atoms with Crippen molar-refractivity contribution < 1.29 is 9.13 Å². The lowest BCUT2D eigenvalue weighted by molar-refractivity contribution is 0.122. The van der Waals surface area contributed by atoms with E-state index in [1.54, 1.807) is 6.07 Å². The van der Waals surface area contributed by atoms with E-state index in [4.69, 9.17) is 9.72 Å². The zero-order valence-corrected chi connectivity index (χ0v) is 15.4. The normalized spacial score (nSPS) is 17.4. The molecule has 3 aromatic heterocycles. The van der Waals surface area contributed by atoms with Crippen LogP contribution in [0.1, 0.15) is 11.3 Å². The van der Waals surface area contributed by atoms with Gasteiger partial charge >= 0.3 is 0 Å². The molecule has 0 aliphatic carbocycles. The van der Waals surface area contributed by atoms with E-state index in [0.29, 0.717) is 0 Å². The van der Waals surface area contributed by atoms with Crippen LogP contribution in [0.2, 0.25) is 0 Å². The first-order valence-electron chi connectivity index (χ1n) is 9.36. The van der Waals surface area contributed by atoms with Crippen LogP contribution in [0.5, 0.6) is 0 Å². The minimum atomic E-state index is -0.279. The fraction of sp³-hybridized carbons (Fsp3) is 0.400. The number of hydrogen-bond acceptors (Lipinski definition) is 5. The van der Waals surface area contributed by atoms with Gasteiger partial charge in [-0.1, -0.05) is 0 Å².